The van der Waals surface area contributed by atoms with Crippen molar-refractivity contribution in [2.75, 3.05) is 7.11 Å². The lowest BCUT2D eigenvalue weighted by Crippen LogP contribution is -2.16. The molecule has 0 aliphatic carbocycles. The van der Waals surface area contributed by atoms with Crippen molar-refractivity contribution in [2.24, 2.45) is 0 Å². The van der Waals surface area contributed by atoms with Gasteiger partial charge in [-0.3, -0.25) is 0 Å². The fourth-order valence-corrected chi connectivity index (χ4v) is 1.48. The van der Waals surface area contributed by atoms with E-state index in [1.54, 1.807) is 18.2 Å². The maximum absolute atomic E-state index is 11.5. The molecule has 0 heterocycles. The first-order valence-corrected chi connectivity index (χ1v) is 5.56. The third kappa shape index (κ3) is 2.99. The molecule has 3 nitrogen and oxygen atoms in total. The van der Waals surface area contributed by atoms with Gasteiger partial charge in [0.15, 0.2) is 0 Å². The molecule has 0 saturated heterocycles. The maximum Gasteiger partial charge on any atom is 0.341 e. The predicted octanol–water partition coefficient (Wildman–Crippen LogP) is 3.04. The molecule has 0 atom stereocenters. The van der Waals surface area contributed by atoms with Crippen LogP contribution in [0.2, 0.25) is 0 Å². The molecule has 0 amide bonds. The molecule has 0 aliphatic heterocycles. The van der Waals surface area contributed by atoms with Crippen molar-refractivity contribution >= 4 is 5.97 Å². The molecule has 0 aromatic heterocycles. The number of rotatable bonds is 5. The largest absolute Gasteiger partial charge is 0.490 e. The summed E-state index contributed by atoms with van der Waals surface area (Å²) < 4.78 is 10.5. The lowest BCUT2D eigenvalue weighted by Gasteiger charge is -2.17. The molecular formula is C13H18O3. The highest BCUT2D eigenvalue weighted by Crippen LogP contribution is 2.21. The Morgan fingerprint density at radius 1 is 1.25 bits per heavy atom. The van der Waals surface area contributed by atoms with Crippen LogP contribution in [0, 0.1) is 0 Å². The fraction of sp³-hybridized carbons (Fsp3) is 0.462. The normalized spacial score (nSPS) is 10.2. The van der Waals surface area contributed by atoms with E-state index in [1.165, 1.54) is 7.11 Å². The second-order valence-electron chi connectivity index (χ2n) is 3.54. The molecule has 0 bridgehead atoms. The van der Waals surface area contributed by atoms with Gasteiger partial charge in [0.2, 0.25) is 0 Å². The first kappa shape index (κ1) is 12.6. The summed E-state index contributed by atoms with van der Waals surface area (Å²) in [5.41, 5.74) is 0.483. The Labute approximate surface area is 96.4 Å². The SMILES string of the molecule is CCC(CC)Oc1ccccc1C(=O)OC. The Balaban J connectivity index is 2.90. The first-order valence-electron chi connectivity index (χ1n) is 5.56. The molecular weight excluding hydrogens is 204 g/mol. The van der Waals surface area contributed by atoms with Crippen LogP contribution in [0.1, 0.15) is 37.0 Å². The molecule has 0 unspecified atom stereocenters. The number of hydrogen-bond acceptors (Lipinski definition) is 3. The van der Waals surface area contributed by atoms with Crippen LogP contribution in [-0.4, -0.2) is 19.2 Å². The Kier molecular flexibility index (Phi) is 4.83. The molecule has 1 aromatic rings. The van der Waals surface area contributed by atoms with Crippen molar-refractivity contribution in [3.63, 3.8) is 0 Å². The molecule has 0 N–H and O–H groups in total. The van der Waals surface area contributed by atoms with Crippen LogP contribution < -0.4 is 4.74 Å². The summed E-state index contributed by atoms with van der Waals surface area (Å²) in [6.07, 6.45) is 1.99. The van der Waals surface area contributed by atoms with E-state index >= 15 is 0 Å². The third-order valence-corrected chi connectivity index (χ3v) is 2.50. The van der Waals surface area contributed by atoms with Crippen molar-refractivity contribution in [3.8, 4) is 5.75 Å². The summed E-state index contributed by atoms with van der Waals surface area (Å²) >= 11 is 0. The molecule has 88 valence electrons. The number of hydrogen-bond donors (Lipinski definition) is 0. The van der Waals surface area contributed by atoms with Crippen LogP contribution in [0.15, 0.2) is 24.3 Å². The molecule has 0 spiro atoms. The minimum atomic E-state index is -0.360. The fourth-order valence-electron chi connectivity index (χ4n) is 1.48. The van der Waals surface area contributed by atoms with E-state index in [4.69, 9.17) is 9.47 Å². The molecule has 0 fully saturated rings. The number of carbonyl (C=O) groups excluding carboxylic acids is 1. The summed E-state index contributed by atoms with van der Waals surface area (Å²) in [6.45, 7) is 4.13. The number of ether oxygens (including phenoxy) is 2. The lowest BCUT2D eigenvalue weighted by atomic mass is 10.2. The Hall–Kier alpha value is -1.51. The van der Waals surface area contributed by atoms with E-state index in [2.05, 4.69) is 13.8 Å². The van der Waals surface area contributed by atoms with Gasteiger partial charge in [-0.2, -0.15) is 0 Å². The third-order valence-electron chi connectivity index (χ3n) is 2.50. The quantitative estimate of drug-likeness (QED) is 0.718. The zero-order valence-electron chi connectivity index (χ0n) is 10.0. The van der Waals surface area contributed by atoms with Crippen LogP contribution in [0.25, 0.3) is 0 Å². The summed E-state index contributed by atoms with van der Waals surface area (Å²) in [4.78, 5) is 11.5. The van der Waals surface area contributed by atoms with Crippen LogP contribution in [0.5, 0.6) is 5.75 Å². The van der Waals surface area contributed by atoms with Gasteiger partial charge in [0.1, 0.15) is 11.3 Å². The van der Waals surface area contributed by atoms with E-state index in [0.29, 0.717) is 11.3 Å². The van der Waals surface area contributed by atoms with E-state index in [9.17, 15) is 4.79 Å². The molecule has 0 saturated carbocycles. The van der Waals surface area contributed by atoms with E-state index in [1.807, 2.05) is 6.07 Å². The zero-order valence-corrected chi connectivity index (χ0v) is 10.0. The van der Waals surface area contributed by atoms with Gasteiger partial charge < -0.3 is 9.47 Å². The van der Waals surface area contributed by atoms with Crippen LogP contribution in [0.4, 0.5) is 0 Å². The second-order valence-corrected chi connectivity index (χ2v) is 3.54. The number of benzene rings is 1. The van der Waals surface area contributed by atoms with Crippen molar-refractivity contribution in [1.82, 2.24) is 0 Å². The molecule has 3 heteroatoms. The monoisotopic (exact) mass is 222 g/mol. The van der Waals surface area contributed by atoms with Gasteiger partial charge in [-0.05, 0) is 25.0 Å². The lowest BCUT2D eigenvalue weighted by molar-refractivity contribution is 0.0592. The number of esters is 1. The van der Waals surface area contributed by atoms with E-state index < -0.39 is 0 Å². The van der Waals surface area contributed by atoms with Gasteiger partial charge in [-0.25, -0.2) is 4.79 Å². The summed E-state index contributed by atoms with van der Waals surface area (Å²) in [7, 11) is 1.37. The first-order chi connectivity index (χ1) is 7.72. The topological polar surface area (TPSA) is 35.5 Å². The average Bonchev–Trinajstić information content (AvgIpc) is 2.35. The molecule has 1 rings (SSSR count). The van der Waals surface area contributed by atoms with Gasteiger partial charge in [0, 0.05) is 0 Å². The van der Waals surface area contributed by atoms with Gasteiger partial charge in [-0.1, -0.05) is 26.0 Å². The number of para-hydroxylation sites is 1. The van der Waals surface area contributed by atoms with Gasteiger partial charge >= 0.3 is 5.97 Å². The molecule has 1 aromatic carbocycles. The Morgan fingerprint density at radius 2 is 1.88 bits per heavy atom. The summed E-state index contributed by atoms with van der Waals surface area (Å²) in [5, 5.41) is 0. The van der Waals surface area contributed by atoms with E-state index in [-0.39, 0.29) is 12.1 Å². The molecule has 0 aliphatic rings. The van der Waals surface area contributed by atoms with Crippen molar-refractivity contribution in [3.05, 3.63) is 29.8 Å². The zero-order chi connectivity index (χ0) is 12.0. The van der Waals surface area contributed by atoms with Crippen molar-refractivity contribution in [2.45, 2.75) is 32.8 Å². The smallest absolute Gasteiger partial charge is 0.341 e. The number of carbonyl (C=O) groups is 1. The standard InChI is InChI=1S/C13H18O3/c1-4-10(5-2)16-12-9-7-6-8-11(12)13(14)15-3/h6-10H,4-5H2,1-3H3. The number of methoxy groups -OCH3 is 1. The highest BCUT2D eigenvalue weighted by molar-refractivity contribution is 5.92. The van der Waals surface area contributed by atoms with Gasteiger partial charge in [0.25, 0.3) is 0 Å². The van der Waals surface area contributed by atoms with Crippen LogP contribution in [0.3, 0.4) is 0 Å². The highest BCUT2D eigenvalue weighted by atomic mass is 16.5. The van der Waals surface area contributed by atoms with Gasteiger partial charge in [0.05, 0.1) is 13.2 Å². The predicted molar refractivity (Wildman–Crippen MR) is 62.8 cm³/mol. The van der Waals surface area contributed by atoms with Gasteiger partial charge in [-0.15, -0.1) is 0 Å². The Morgan fingerprint density at radius 3 is 2.44 bits per heavy atom. The maximum atomic E-state index is 11.5. The second kappa shape index (κ2) is 6.16. The van der Waals surface area contributed by atoms with Crippen molar-refractivity contribution in [1.29, 1.82) is 0 Å². The summed E-state index contributed by atoms with van der Waals surface area (Å²) in [6, 6.07) is 7.16. The van der Waals surface area contributed by atoms with Crippen LogP contribution >= 0.6 is 0 Å². The van der Waals surface area contributed by atoms with Crippen LogP contribution in [-0.2, 0) is 4.74 Å². The minimum Gasteiger partial charge on any atom is -0.490 e. The Bertz CT molecular complexity index is 343. The highest BCUT2D eigenvalue weighted by Gasteiger charge is 2.14. The molecule has 16 heavy (non-hydrogen) atoms. The average molecular weight is 222 g/mol. The summed E-state index contributed by atoms with van der Waals surface area (Å²) in [5.74, 6) is 0.240. The minimum absolute atomic E-state index is 0.144. The molecule has 0 radical (unpaired) electrons. The van der Waals surface area contributed by atoms with Crippen molar-refractivity contribution < 1.29 is 14.3 Å². The van der Waals surface area contributed by atoms with E-state index in [0.717, 1.165) is 12.8 Å².